The quantitative estimate of drug-likeness (QED) is 0.432. The van der Waals surface area contributed by atoms with Gasteiger partial charge in [0.15, 0.2) is 0 Å². The van der Waals surface area contributed by atoms with Crippen LogP contribution < -0.4 is 5.48 Å². The molecule has 0 heterocycles. The van der Waals surface area contributed by atoms with Crippen molar-refractivity contribution in [3.8, 4) is 0 Å². The fourth-order valence-corrected chi connectivity index (χ4v) is 1.82. The van der Waals surface area contributed by atoms with Crippen molar-refractivity contribution in [2.75, 3.05) is 0 Å². The van der Waals surface area contributed by atoms with Gasteiger partial charge in [0.25, 0.3) is 5.91 Å². The lowest BCUT2D eigenvalue weighted by molar-refractivity contribution is 0.0706. The maximum atomic E-state index is 11.1. The van der Waals surface area contributed by atoms with E-state index in [-0.39, 0.29) is 0 Å². The van der Waals surface area contributed by atoms with Crippen molar-refractivity contribution < 1.29 is 10.0 Å². The zero-order valence-electron chi connectivity index (χ0n) is 10.4. The second-order valence-corrected chi connectivity index (χ2v) is 4.30. The van der Waals surface area contributed by atoms with E-state index in [2.05, 4.69) is 6.92 Å². The number of hydrogen-bond acceptors (Lipinski definition) is 2. The molecule has 1 aromatic carbocycles. The molecule has 94 valence electrons. The maximum Gasteiger partial charge on any atom is 0.274 e. The number of carbonyl (C=O) groups excluding carboxylic acids is 1. The fraction of sp³-hybridized carbons (Fsp3) is 0.500. The molecule has 0 aromatic heterocycles. The van der Waals surface area contributed by atoms with E-state index >= 15 is 0 Å². The van der Waals surface area contributed by atoms with Gasteiger partial charge in [0.2, 0.25) is 0 Å². The third kappa shape index (κ3) is 5.00. The number of hydroxylamine groups is 1. The van der Waals surface area contributed by atoms with Crippen LogP contribution in [0.4, 0.5) is 0 Å². The van der Waals surface area contributed by atoms with Crippen molar-refractivity contribution in [2.45, 2.75) is 45.4 Å². The predicted octanol–water partition coefficient (Wildman–Crippen LogP) is 3.32. The second-order valence-electron chi connectivity index (χ2n) is 4.30. The van der Waals surface area contributed by atoms with Gasteiger partial charge in [-0.3, -0.25) is 10.0 Å². The summed E-state index contributed by atoms with van der Waals surface area (Å²) in [5, 5.41) is 8.48. The number of unbranched alkanes of at least 4 members (excludes halogenated alkanes) is 4. The highest BCUT2D eigenvalue weighted by Crippen LogP contribution is 2.10. The van der Waals surface area contributed by atoms with Crippen LogP contribution in [0.3, 0.4) is 0 Å². The number of aryl methyl sites for hydroxylation is 1. The van der Waals surface area contributed by atoms with Gasteiger partial charge < -0.3 is 0 Å². The van der Waals surface area contributed by atoms with Gasteiger partial charge in [0.05, 0.1) is 0 Å². The minimum absolute atomic E-state index is 0.459. The molecule has 2 N–H and O–H groups in total. The molecular weight excluding hydrogens is 214 g/mol. The summed E-state index contributed by atoms with van der Waals surface area (Å²) >= 11 is 0. The lowest BCUT2D eigenvalue weighted by atomic mass is 10.0. The van der Waals surface area contributed by atoms with Crippen LogP contribution >= 0.6 is 0 Å². The van der Waals surface area contributed by atoms with E-state index in [4.69, 9.17) is 5.21 Å². The summed E-state index contributed by atoms with van der Waals surface area (Å²) < 4.78 is 0. The van der Waals surface area contributed by atoms with Crippen LogP contribution in [0.15, 0.2) is 24.3 Å². The van der Waals surface area contributed by atoms with Gasteiger partial charge in [0.1, 0.15) is 0 Å². The van der Waals surface area contributed by atoms with Crippen molar-refractivity contribution in [1.29, 1.82) is 0 Å². The molecule has 1 amide bonds. The van der Waals surface area contributed by atoms with Gasteiger partial charge in [-0.15, -0.1) is 0 Å². The number of amides is 1. The lowest BCUT2D eigenvalue weighted by Gasteiger charge is -2.03. The molecule has 1 aromatic rings. The number of hydrogen-bond donors (Lipinski definition) is 2. The monoisotopic (exact) mass is 235 g/mol. The Morgan fingerprint density at radius 1 is 1.12 bits per heavy atom. The molecule has 0 radical (unpaired) electrons. The number of benzene rings is 1. The standard InChI is InChI=1S/C14H21NO2/c1-2-3-4-5-6-7-12-8-10-13(11-9-12)14(16)15-17/h8-11,17H,2-7H2,1H3,(H,15,16). The topological polar surface area (TPSA) is 49.3 Å². The van der Waals surface area contributed by atoms with Gasteiger partial charge in [-0.1, -0.05) is 44.7 Å². The minimum atomic E-state index is -0.459. The molecule has 1 rings (SSSR count). The van der Waals surface area contributed by atoms with Crippen LogP contribution in [-0.2, 0) is 6.42 Å². The predicted molar refractivity (Wildman–Crippen MR) is 68.2 cm³/mol. The summed E-state index contributed by atoms with van der Waals surface area (Å²) in [5.41, 5.74) is 3.36. The second kappa shape index (κ2) is 7.85. The van der Waals surface area contributed by atoms with E-state index in [1.165, 1.54) is 37.7 Å². The van der Waals surface area contributed by atoms with E-state index in [1.54, 1.807) is 17.6 Å². The van der Waals surface area contributed by atoms with E-state index in [0.29, 0.717) is 5.56 Å². The highest BCUT2D eigenvalue weighted by molar-refractivity contribution is 5.93. The van der Waals surface area contributed by atoms with E-state index in [1.807, 2.05) is 12.1 Å². The van der Waals surface area contributed by atoms with Crippen LogP contribution in [0.25, 0.3) is 0 Å². The van der Waals surface area contributed by atoms with Crippen LogP contribution in [0.2, 0.25) is 0 Å². The summed E-state index contributed by atoms with van der Waals surface area (Å²) in [6.07, 6.45) is 7.42. The smallest absolute Gasteiger partial charge is 0.274 e. The van der Waals surface area contributed by atoms with Crippen molar-refractivity contribution in [3.05, 3.63) is 35.4 Å². The Labute approximate surface area is 103 Å². The van der Waals surface area contributed by atoms with Gasteiger partial charge in [-0.25, -0.2) is 5.48 Å². The molecule has 0 saturated carbocycles. The summed E-state index contributed by atoms with van der Waals surface area (Å²) in [7, 11) is 0. The zero-order chi connectivity index (χ0) is 12.5. The first-order valence-corrected chi connectivity index (χ1v) is 6.31. The van der Waals surface area contributed by atoms with Gasteiger partial charge in [-0.2, -0.15) is 0 Å². The molecule has 0 unspecified atom stereocenters. The number of rotatable bonds is 7. The molecule has 0 aliphatic heterocycles. The molecule has 0 atom stereocenters. The Kier molecular flexibility index (Phi) is 6.33. The summed E-state index contributed by atoms with van der Waals surface area (Å²) in [6.45, 7) is 2.21. The summed E-state index contributed by atoms with van der Waals surface area (Å²) in [5.74, 6) is -0.459. The first kappa shape index (κ1) is 13.7. The average molecular weight is 235 g/mol. The maximum absolute atomic E-state index is 11.1. The van der Waals surface area contributed by atoms with Crippen LogP contribution in [0.1, 0.15) is 54.9 Å². The van der Waals surface area contributed by atoms with E-state index < -0.39 is 5.91 Å². The van der Waals surface area contributed by atoms with Crippen molar-refractivity contribution in [2.24, 2.45) is 0 Å². The van der Waals surface area contributed by atoms with Crippen LogP contribution in [0.5, 0.6) is 0 Å². The Hall–Kier alpha value is -1.35. The average Bonchev–Trinajstić information content (AvgIpc) is 2.38. The molecule has 0 saturated heterocycles. The zero-order valence-corrected chi connectivity index (χ0v) is 10.4. The molecule has 0 spiro atoms. The SMILES string of the molecule is CCCCCCCc1ccc(C(=O)NO)cc1. The Bertz CT molecular complexity index is 333. The third-order valence-corrected chi connectivity index (χ3v) is 2.89. The summed E-state index contributed by atoms with van der Waals surface area (Å²) in [6, 6.07) is 7.38. The van der Waals surface area contributed by atoms with Crippen molar-refractivity contribution in [1.82, 2.24) is 5.48 Å². The third-order valence-electron chi connectivity index (χ3n) is 2.89. The van der Waals surface area contributed by atoms with Crippen LogP contribution in [0, 0.1) is 0 Å². The van der Waals surface area contributed by atoms with Gasteiger partial charge in [0, 0.05) is 5.56 Å². The fourth-order valence-electron chi connectivity index (χ4n) is 1.82. The van der Waals surface area contributed by atoms with Crippen molar-refractivity contribution >= 4 is 5.91 Å². The highest BCUT2D eigenvalue weighted by Gasteiger charge is 2.02. The number of carbonyl (C=O) groups is 1. The lowest BCUT2D eigenvalue weighted by Crippen LogP contribution is -2.18. The van der Waals surface area contributed by atoms with E-state index in [9.17, 15) is 4.79 Å². The largest absolute Gasteiger partial charge is 0.288 e. The van der Waals surface area contributed by atoms with Crippen molar-refractivity contribution in [3.63, 3.8) is 0 Å². The molecule has 0 aliphatic carbocycles. The molecule has 0 aliphatic rings. The normalized spacial score (nSPS) is 10.2. The molecule has 3 heteroatoms. The van der Waals surface area contributed by atoms with Crippen LogP contribution in [-0.4, -0.2) is 11.1 Å². The minimum Gasteiger partial charge on any atom is -0.288 e. The summed E-state index contributed by atoms with van der Waals surface area (Å²) in [4.78, 5) is 11.1. The Morgan fingerprint density at radius 3 is 2.35 bits per heavy atom. The molecule has 17 heavy (non-hydrogen) atoms. The van der Waals surface area contributed by atoms with E-state index in [0.717, 1.165) is 6.42 Å². The molecular formula is C14H21NO2. The molecule has 0 bridgehead atoms. The molecule has 0 fully saturated rings. The Balaban J connectivity index is 2.33. The number of nitrogens with one attached hydrogen (secondary N) is 1. The van der Waals surface area contributed by atoms with Gasteiger partial charge in [-0.05, 0) is 30.5 Å². The van der Waals surface area contributed by atoms with Gasteiger partial charge >= 0.3 is 0 Å². The Morgan fingerprint density at radius 2 is 1.76 bits per heavy atom. The highest BCUT2D eigenvalue weighted by atomic mass is 16.5. The first-order valence-electron chi connectivity index (χ1n) is 6.31. The molecule has 3 nitrogen and oxygen atoms in total. The first-order chi connectivity index (χ1) is 8.27.